The van der Waals surface area contributed by atoms with Gasteiger partial charge in [0, 0.05) is 30.0 Å². The predicted molar refractivity (Wildman–Crippen MR) is 132 cm³/mol. The highest BCUT2D eigenvalue weighted by atomic mass is 32.2. The minimum absolute atomic E-state index is 0.0311. The number of para-hydroxylation sites is 1. The number of hydrogen-bond acceptors (Lipinski definition) is 6. The van der Waals surface area contributed by atoms with Crippen LogP contribution in [-0.2, 0) is 24.8 Å². The molecule has 0 radical (unpaired) electrons. The standard InChI is InChI=1S/C24H25N3O6S2/c1-18-7-10-22(35(31,32)27-13-15-33-16-14-27)17-23(18)24(28)25-19-8-11-21(12-9-19)34(29,30)26-20-5-3-2-4-6-20/h2-12,17,26H,13-16H2,1H3,(H,25,28). The monoisotopic (exact) mass is 515 g/mol. The molecule has 1 heterocycles. The molecular weight excluding hydrogens is 490 g/mol. The Hall–Kier alpha value is -3.25. The second-order valence-electron chi connectivity index (χ2n) is 7.94. The van der Waals surface area contributed by atoms with Gasteiger partial charge in [-0.25, -0.2) is 16.8 Å². The Bertz CT molecular complexity index is 1420. The number of amides is 1. The number of rotatable bonds is 7. The van der Waals surface area contributed by atoms with Crippen molar-refractivity contribution in [1.82, 2.24) is 4.31 Å². The van der Waals surface area contributed by atoms with Gasteiger partial charge in [-0.15, -0.1) is 0 Å². The Kier molecular flexibility index (Phi) is 7.22. The average Bonchev–Trinajstić information content (AvgIpc) is 2.85. The molecule has 0 unspecified atom stereocenters. The van der Waals surface area contributed by atoms with E-state index in [1.54, 1.807) is 43.3 Å². The number of anilines is 2. The number of hydrogen-bond donors (Lipinski definition) is 2. The first-order valence-electron chi connectivity index (χ1n) is 10.8. The third kappa shape index (κ3) is 5.70. The first kappa shape index (κ1) is 24.9. The number of nitrogens with one attached hydrogen (secondary N) is 2. The number of benzene rings is 3. The summed E-state index contributed by atoms with van der Waals surface area (Å²) in [5, 5.41) is 2.70. The minimum Gasteiger partial charge on any atom is -0.379 e. The zero-order chi connectivity index (χ0) is 25.1. The largest absolute Gasteiger partial charge is 0.379 e. The Labute approximate surface area is 204 Å². The van der Waals surface area contributed by atoms with Crippen molar-refractivity contribution in [3.8, 4) is 0 Å². The zero-order valence-electron chi connectivity index (χ0n) is 19.0. The number of nitrogens with zero attached hydrogens (tertiary/aromatic N) is 1. The quantitative estimate of drug-likeness (QED) is 0.499. The lowest BCUT2D eigenvalue weighted by molar-refractivity contribution is 0.0730. The molecule has 1 aliphatic rings. The lowest BCUT2D eigenvalue weighted by atomic mass is 10.1. The van der Waals surface area contributed by atoms with Crippen molar-refractivity contribution in [2.24, 2.45) is 0 Å². The molecule has 0 atom stereocenters. The van der Waals surface area contributed by atoms with Crippen LogP contribution < -0.4 is 10.0 Å². The number of aryl methyl sites for hydroxylation is 1. The summed E-state index contributed by atoms with van der Waals surface area (Å²) in [7, 11) is -7.55. The highest BCUT2D eigenvalue weighted by Gasteiger charge is 2.27. The molecular formula is C24H25N3O6S2. The minimum atomic E-state index is -3.79. The second kappa shape index (κ2) is 10.2. The molecule has 0 aromatic heterocycles. The highest BCUT2D eigenvalue weighted by molar-refractivity contribution is 7.92. The number of morpholine rings is 1. The van der Waals surface area contributed by atoms with Crippen molar-refractivity contribution >= 4 is 37.3 Å². The van der Waals surface area contributed by atoms with E-state index >= 15 is 0 Å². The normalized spacial score (nSPS) is 14.9. The summed E-state index contributed by atoms with van der Waals surface area (Å²) in [6, 6.07) is 18.7. The summed E-state index contributed by atoms with van der Waals surface area (Å²) in [6.45, 7) is 2.87. The molecule has 0 bridgehead atoms. The lowest BCUT2D eigenvalue weighted by Gasteiger charge is -2.26. The van der Waals surface area contributed by atoms with Crippen LogP contribution in [0.15, 0.2) is 82.6 Å². The van der Waals surface area contributed by atoms with Gasteiger partial charge in [0.25, 0.3) is 15.9 Å². The van der Waals surface area contributed by atoms with Gasteiger partial charge in [0.1, 0.15) is 0 Å². The molecule has 1 amide bonds. The van der Waals surface area contributed by atoms with Crippen molar-refractivity contribution in [2.45, 2.75) is 16.7 Å². The number of carbonyl (C=O) groups is 1. The third-order valence-corrected chi connectivity index (χ3v) is 8.80. The Morgan fingerprint density at radius 2 is 1.46 bits per heavy atom. The van der Waals surface area contributed by atoms with Crippen molar-refractivity contribution in [1.29, 1.82) is 0 Å². The van der Waals surface area contributed by atoms with E-state index in [2.05, 4.69) is 10.0 Å². The molecule has 9 nitrogen and oxygen atoms in total. The van der Waals surface area contributed by atoms with Crippen molar-refractivity contribution in [3.05, 3.63) is 83.9 Å². The lowest BCUT2D eigenvalue weighted by Crippen LogP contribution is -2.40. The number of ether oxygens (including phenoxy) is 1. The zero-order valence-corrected chi connectivity index (χ0v) is 20.6. The molecule has 0 aliphatic carbocycles. The summed E-state index contributed by atoms with van der Waals surface area (Å²) in [6.07, 6.45) is 0. The first-order chi connectivity index (χ1) is 16.7. The van der Waals surface area contributed by atoms with E-state index in [4.69, 9.17) is 4.74 Å². The van der Waals surface area contributed by atoms with Crippen molar-refractivity contribution in [3.63, 3.8) is 0 Å². The van der Waals surface area contributed by atoms with Crippen LogP contribution in [0.2, 0.25) is 0 Å². The van der Waals surface area contributed by atoms with E-state index in [9.17, 15) is 21.6 Å². The molecule has 2 N–H and O–H groups in total. The molecule has 3 aromatic rings. The number of sulfonamides is 2. The maximum atomic E-state index is 13.0. The van der Waals surface area contributed by atoms with Crippen molar-refractivity contribution in [2.75, 3.05) is 36.3 Å². The summed E-state index contributed by atoms with van der Waals surface area (Å²) in [5.41, 5.74) is 1.62. The van der Waals surface area contributed by atoms with Crippen LogP contribution in [0, 0.1) is 6.92 Å². The molecule has 3 aromatic carbocycles. The fraction of sp³-hybridized carbons (Fsp3) is 0.208. The molecule has 0 spiro atoms. The van der Waals surface area contributed by atoms with Gasteiger partial charge < -0.3 is 10.1 Å². The Balaban J connectivity index is 1.50. The second-order valence-corrected chi connectivity index (χ2v) is 11.6. The van der Waals surface area contributed by atoms with E-state index in [-0.39, 0.29) is 28.4 Å². The number of carbonyl (C=O) groups excluding carboxylic acids is 1. The van der Waals surface area contributed by atoms with Crippen LogP contribution in [0.25, 0.3) is 0 Å². The van der Waals surface area contributed by atoms with Crippen LogP contribution in [0.3, 0.4) is 0 Å². The topological polar surface area (TPSA) is 122 Å². The van der Waals surface area contributed by atoms with Gasteiger partial charge in [-0.3, -0.25) is 9.52 Å². The predicted octanol–water partition coefficient (Wildman–Crippen LogP) is 3.07. The summed E-state index contributed by atoms with van der Waals surface area (Å²) in [4.78, 5) is 13.0. The summed E-state index contributed by atoms with van der Waals surface area (Å²) >= 11 is 0. The van der Waals surface area contributed by atoms with E-state index < -0.39 is 26.0 Å². The maximum Gasteiger partial charge on any atom is 0.261 e. The maximum absolute atomic E-state index is 13.0. The van der Waals surface area contributed by atoms with Crippen LogP contribution in [0.4, 0.5) is 11.4 Å². The van der Waals surface area contributed by atoms with E-state index in [1.165, 1.54) is 40.7 Å². The van der Waals surface area contributed by atoms with Crippen LogP contribution >= 0.6 is 0 Å². The molecule has 1 aliphatic heterocycles. The van der Waals surface area contributed by atoms with Crippen LogP contribution in [0.1, 0.15) is 15.9 Å². The smallest absolute Gasteiger partial charge is 0.261 e. The fourth-order valence-electron chi connectivity index (χ4n) is 3.58. The SMILES string of the molecule is Cc1ccc(S(=O)(=O)N2CCOCC2)cc1C(=O)Nc1ccc(S(=O)(=O)Nc2ccccc2)cc1. The van der Waals surface area contributed by atoms with Gasteiger partial charge in [-0.2, -0.15) is 4.31 Å². The summed E-state index contributed by atoms with van der Waals surface area (Å²) in [5.74, 6) is -0.500. The van der Waals surface area contributed by atoms with Gasteiger partial charge >= 0.3 is 0 Å². The molecule has 1 fully saturated rings. The van der Waals surface area contributed by atoms with Gasteiger partial charge in [0.05, 0.1) is 23.0 Å². The molecule has 184 valence electrons. The molecule has 35 heavy (non-hydrogen) atoms. The van der Waals surface area contributed by atoms with Crippen LogP contribution in [-0.4, -0.2) is 53.4 Å². The fourth-order valence-corrected chi connectivity index (χ4v) is 6.07. The highest BCUT2D eigenvalue weighted by Crippen LogP contribution is 2.23. The Morgan fingerprint density at radius 1 is 0.829 bits per heavy atom. The van der Waals surface area contributed by atoms with Gasteiger partial charge in [0.15, 0.2) is 0 Å². The molecule has 4 rings (SSSR count). The molecule has 11 heteroatoms. The van der Waals surface area contributed by atoms with Crippen LogP contribution in [0.5, 0.6) is 0 Å². The van der Waals surface area contributed by atoms with Gasteiger partial charge in [-0.05, 0) is 61.0 Å². The van der Waals surface area contributed by atoms with E-state index in [0.29, 0.717) is 30.2 Å². The molecule has 0 saturated carbocycles. The first-order valence-corrected chi connectivity index (χ1v) is 13.8. The van der Waals surface area contributed by atoms with Gasteiger partial charge in [0.2, 0.25) is 10.0 Å². The molecule has 1 saturated heterocycles. The van der Waals surface area contributed by atoms with Crippen molar-refractivity contribution < 1.29 is 26.4 Å². The summed E-state index contributed by atoms with van der Waals surface area (Å²) < 4.78 is 60.2. The average molecular weight is 516 g/mol. The van der Waals surface area contributed by atoms with E-state index in [0.717, 1.165) is 0 Å². The van der Waals surface area contributed by atoms with Gasteiger partial charge in [-0.1, -0.05) is 24.3 Å². The third-order valence-electron chi connectivity index (χ3n) is 5.51. The Morgan fingerprint density at radius 3 is 2.11 bits per heavy atom. The van der Waals surface area contributed by atoms with E-state index in [1.807, 2.05) is 0 Å².